The molecule has 6 rings (SSSR count). The fourth-order valence-electron chi connectivity index (χ4n) is 6.67. The molecule has 2 N–H and O–H groups in total. The van der Waals surface area contributed by atoms with Crippen LogP contribution in [0.15, 0.2) is 6.07 Å². The Morgan fingerprint density at radius 2 is 1.87 bits per heavy atom. The number of rotatable bonds is 3. The van der Waals surface area contributed by atoms with Crippen molar-refractivity contribution in [1.82, 2.24) is 14.9 Å². The van der Waals surface area contributed by atoms with Crippen molar-refractivity contribution >= 4 is 28.0 Å². The normalized spacial score (nSPS) is 23.8. The van der Waals surface area contributed by atoms with Gasteiger partial charge in [-0.3, -0.25) is 0 Å². The molecule has 0 saturated carbocycles. The fraction of sp³-hybridized carbons (Fsp3) is 0.690. The van der Waals surface area contributed by atoms with Crippen LogP contribution in [-0.4, -0.2) is 67.4 Å². The van der Waals surface area contributed by atoms with Gasteiger partial charge in [0, 0.05) is 62.0 Å². The minimum Gasteiger partial charge on any atom is -0.389 e. The van der Waals surface area contributed by atoms with Gasteiger partial charge in [-0.15, -0.1) is 11.3 Å². The van der Waals surface area contributed by atoms with E-state index >= 15 is 0 Å². The molecule has 2 aromatic heterocycles. The Morgan fingerprint density at radius 1 is 1.13 bits per heavy atom. The van der Waals surface area contributed by atoms with Crippen molar-refractivity contribution in [3.05, 3.63) is 27.9 Å². The van der Waals surface area contributed by atoms with Gasteiger partial charge in [0.05, 0.1) is 5.56 Å². The first-order valence-corrected chi connectivity index (χ1v) is 15.0. The first-order valence-electron chi connectivity index (χ1n) is 14.2. The third-order valence-electron chi connectivity index (χ3n) is 8.64. The molecule has 38 heavy (non-hydrogen) atoms. The molecule has 0 bridgehead atoms. The number of aryl methyl sites for hydroxylation is 2. The smallest absolute Gasteiger partial charge is 0.134 e. The second-order valence-electron chi connectivity index (χ2n) is 12.4. The highest BCUT2D eigenvalue weighted by Crippen LogP contribution is 2.51. The molecular formula is C29H42FN7S. The summed E-state index contributed by atoms with van der Waals surface area (Å²) >= 11 is 1.62. The summed E-state index contributed by atoms with van der Waals surface area (Å²) in [7, 11) is 1.94. The van der Waals surface area contributed by atoms with Crippen molar-refractivity contribution in [2.45, 2.75) is 77.3 Å². The molecule has 0 amide bonds. The third kappa shape index (κ3) is 5.35. The molecule has 1 spiro atoms. The van der Waals surface area contributed by atoms with E-state index in [0.717, 1.165) is 81.4 Å². The Bertz CT molecular complexity index is 1190. The van der Waals surface area contributed by atoms with Gasteiger partial charge in [0.15, 0.2) is 0 Å². The summed E-state index contributed by atoms with van der Waals surface area (Å²) in [6, 6.07) is 4.58. The van der Waals surface area contributed by atoms with Crippen LogP contribution in [0.2, 0.25) is 0 Å². The number of hydrogen-bond acceptors (Lipinski definition) is 8. The zero-order chi connectivity index (χ0) is 27.1. The molecule has 0 aromatic carbocycles. The molecule has 9 heteroatoms. The number of nitrogens with two attached hydrogens (primary N) is 1. The third-order valence-corrected chi connectivity index (χ3v) is 9.72. The largest absolute Gasteiger partial charge is 0.389 e. The Balaban J connectivity index is 0.000000366. The van der Waals surface area contributed by atoms with Crippen LogP contribution in [0, 0.1) is 16.7 Å². The van der Waals surface area contributed by atoms with E-state index in [1.807, 2.05) is 11.9 Å². The fourth-order valence-corrected chi connectivity index (χ4v) is 7.85. The lowest BCUT2D eigenvalue weighted by atomic mass is 9.66. The number of aromatic nitrogens is 2. The minimum absolute atomic E-state index is 0.0529. The average Bonchev–Trinajstić information content (AvgIpc) is 3.41. The van der Waals surface area contributed by atoms with Gasteiger partial charge in [0.2, 0.25) is 0 Å². The highest BCUT2D eigenvalue weighted by molar-refractivity contribution is 7.16. The van der Waals surface area contributed by atoms with Gasteiger partial charge in [0.25, 0.3) is 0 Å². The van der Waals surface area contributed by atoms with Crippen LogP contribution in [0.5, 0.6) is 0 Å². The number of anilines is 3. The van der Waals surface area contributed by atoms with Gasteiger partial charge in [0.1, 0.15) is 34.7 Å². The van der Waals surface area contributed by atoms with Crippen LogP contribution in [0.25, 0.3) is 0 Å². The lowest BCUT2D eigenvalue weighted by Gasteiger charge is -2.53. The van der Waals surface area contributed by atoms with Gasteiger partial charge in [-0.25, -0.2) is 14.4 Å². The maximum absolute atomic E-state index is 12.1. The molecule has 3 aliphatic heterocycles. The summed E-state index contributed by atoms with van der Waals surface area (Å²) in [6.07, 6.45) is 6.84. The van der Waals surface area contributed by atoms with E-state index in [1.54, 1.807) is 11.3 Å². The van der Waals surface area contributed by atoms with E-state index in [4.69, 9.17) is 15.7 Å². The number of nitrogen functional groups attached to an aromatic ring is 1. The Labute approximate surface area is 230 Å². The van der Waals surface area contributed by atoms with Crippen molar-refractivity contribution < 1.29 is 4.39 Å². The van der Waals surface area contributed by atoms with Crippen LogP contribution in [0.4, 0.5) is 21.0 Å². The second-order valence-corrected chi connectivity index (χ2v) is 13.6. The molecule has 1 unspecified atom stereocenters. The maximum Gasteiger partial charge on any atom is 0.134 e. The molecule has 4 aliphatic rings. The molecular weight excluding hydrogens is 497 g/mol. The standard InChI is InChI=1S/C24H32N6S.C5H10FN/c1-4-18-27-19(29-10-6-8-23(2,3)13-29)11-20(28-18)30-14-24(15-30)9-5-7-17-21(24)16(12-25)22(26)31-17;1-7-3-2-5(6)4-7/h11H,4-10,13-15,26H2,1-3H3;5H,2-4H2,1H3. The number of hydrogen-bond donors (Lipinski definition) is 1. The van der Waals surface area contributed by atoms with Crippen molar-refractivity contribution in [3.63, 3.8) is 0 Å². The van der Waals surface area contributed by atoms with E-state index in [1.165, 1.54) is 29.7 Å². The SMILES string of the molecule is CCc1nc(N2CCCC(C)(C)C2)cc(N2CC3(CCCc4sc(N)c(C#N)c43)C2)n1.CN1CCC(F)C1. The highest BCUT2D eigenvalue weighted by Gasteiger charge is 2.50. The van der Waals surface area contributed by atoms with E-state index < -0.39 is 6.17 Å². The Kier molecular flexibility index (Phi) is 7.58. The molecule has 206 valence electrons. The maximum atomic E-state index is 12.1. The van der Waals surface area contributed by atoms with E-state index in [-0.39, 0.29) is 5.41 Å². The molecule has 7 nitrogen and oxygen atoms in total. The van der Waals surface area contributed by atoms with Gasteiger partial charge in [-0.2, -0.15) is 5.26 Å². The Morgan fingerprint density at radius 3 is 2.45 bits per heavy atom. The molecule has 2 aromatic rings. The van der Waals surface area contributed by atoms with E-state index in [9.17, 15) is 9.65 Å². The number of nitriles is 1. The summed E-state index contributed by atoms with van der Waals surface area (Å²) < 4.78 is 12.1. The van der Waals surface area contributed by atoms with Crippen LogP contribution >= 0.6 is 11.3 Å². The Hall–Kier alpha value is -2.44. The topological polar surface area (TPSA) is 85.3 Å². The summed E-state index contributed by atoms with van der Waals surface area (Å²) in [5.74, 6) is 3.01. The number of fused-ring (bicyclic) bond motifs is 2. The minimum atomic E-state index is -0.551. The van der Waals surface area contributed by atoms with Gasteiger partial charge < -0.3 is 20.4 Å². The zero-order valence-corrected chi connectivity index (χ0v) is 24.2. The van der Waals surface area contributed by atoms with E-state index in [2.05, 4.69) is 42.7 Å². The predicted octanol–water partition coefficient (Wildman–Crippen LogP) is 4.94. The number of halogens is 1. The van der Waals surface area contributed by atoms with E-state index in [0.29, 0.717) is 17.0 Å². The summed E-state index contributed by atoms with van der Waals surface area (Å²) in [4.78, 5) is 17.9. The molecule has 3 fully saturated rings. The summed E-state index contributed by atoms with van der Waals surface area (Å²) in [5, 5.41) is 10.4. The number of piperidine rings is 1. The number of likely N-dealkylation sites (tertiary alicyclic amines) is 1. The van der Waals surface area contributed by atoms with Crippen molar-refractivity contribution in [3.8, 4) is 6.07 Å². The van der Waals surface area contributed by atoms with Crippen molar-refractivity contribution in [2.75, 3.05) is 61.8 Å². The van der Waals surface area contributed by atoms with Crippen LogP contribution in [0.3, 0.4) is 0 Å². The second kappa shape index (κ2) is 10.6. The summed E-state index contributed by atoms with van der Waals surface area (Å²) in [6.45, 7) is 12.3. The van der Waals surface area contributed by atoms with Crippen LogP contribution < -0.4 is 15.5 Å². The van der Waals surface area contributed by atoms with Crippen LogP contribution in [0.1, 0.15) is 74.7 Å². The monoisotopic (exact) mass is 539 g/mol. The lowest BCUT2D eigenvalue weighted by molar-refractivity contribution is 0.283. The number of thiophene rings is 1. The number of alkyl halides is 1. The van der Waals surface area contributed by atoms with Crippen LogP contribution in [-0.2, 0) is 18.3 Å². The first kappa shape index (κ1) is 27.1. The molecule has 3 saturated heterocycles. The van der Waals surface area contributed by atoms with Crippen molar-refractivity contribution in [1.29, 1.82) is 5.26 Å². The van der Waals surface area contributed by atoms with Gasteiger partial charge in [-0.1, -0.05) is 20.8 Å². The molecule has 0 radical (unpaired) electrons. The molecule has 1 aliphatic carbocycles. The average molecular weight is 540 g/mol. The van der Waals surface area contributed by atoms with Gasteiger partial charge in [-0.05, 0) is 56.6 Å². The zero-order valence-electron chi connectivity index (χ0n) is 23.4. The first-order chi connectivity index (χ1) is 18.1. The number of nitrogens with zero attached hydrogens (tertiary/aromatic N) is 6. The van der Waals surface area contributed by atoms with Crippen molar-refractivity contribution in [2.24, 2.45) is 5.41 Å². The lowest BCUT2D eigenvalue weighted by Crippen LogP contribution is -2.61. The quantitative estimate of drug-likeness (QED) is 0.592. The predicted molar refractivity (Wildman–Crippen MR) is 154 cm³/mol. The van der Waals surface area contributed by atoms with Gasteiger partial charge >= 0.3 is 0 Å². The highest BCUT2D eigenvalue weighted by atomic mass is 32.1. The summed E-state index contributed by atoms with van der Waals surface area (Å²) in [5.41, 5.74) is 8.54. The molecule has 1 atom stereocenters. The molecule has 5 heterocycles.